The third-order valence-corrected chi connectivity index (χ3v) is 5.32. The summed E-state index contributed by atoms with van der Waals surface area (Å²) in [5.74, 6) is 1.46. The molecule has 1 unspecified atom stereocenters. The second kappa shape index (κ2) is 9.48. The number of rotatable bonds is 9. The molecule has 1 N–H and O–H groups in total. The first-order valence-corrected chi connectivity index (χ1v) is 9.91. The molecule has 3 aromatic rings. The van der Waals surface area contributed by atoms with Gasteiger partial charge in [-0.05, 0) is 37.1 Å². The SMILES string of the molecule is CCC(NCc1ccc(OC)c(OCc2cccnc2)c1)c1nc(C)cs1. The summed E-state index contributed by atoms with van der Waals surface area (Å²) in [5, 5.41) is 6.83. The van der Waals surface area contributed by atoms with E-state index in [1.807, 2.05) is 31.2 Å². The van der Waals surface area contributed by atoms with E-state index in [2.05, 4.69) is 33.7 Å². The van der Waals surface area contributed by atoms with Crippen molar-refractivity contribution in [3.8, 4) is 11.5 Å². The van der Waals surface area contributed by atoms with Crippen LogP contribution in [-0.4, -0.2) is 17.1 Å². The van der Waals surface area contributed by atoms with Crippen LogP contribution in [0, 0.1) is 6.92 Å². The molecule has 0 aliphatic heterocycles. The van der Waals surface area contributed by atoms with E-state index in [0.717, 1.165) is 46.3 Å². The van der Waals surface area contributed by atoms with Crippen LogP contribution in [0.5, 0.6) is 11.5 Å². The molecular weight excluding hydrogens is 358 g/mol. The highest BCUT2D eigenvalue weighted by Crippen LogP contribution is 2.29. The van der Waals surface area contributed by atoms with Gasteiger partial charge in [-0.1, -0.05) is 19.1 Å². The van der Waals surface area contributed by atoms with Crippen LogP contribution in [0.2, 0.25) is 0 Å². The summed E-state index contributed by atoms with van der Waals surface area (Å²) in [6.45, 7) is 5.40. The quantitative estimate of drug-likeness (QED) is 0.582. The highest BCUT2D eigenvalue weighted by atomic mass is 32.1. The third kappa shape index (κ3) is 5.28. The molecule has 0 saturated heterocycles. The molecule has 1 atom stereocenters. The van der Waals surface area contributed by atoms with Gasteiger partial charge < -0.3 is 14.8 Å². The Bertz CT molecular complexity index is 852. The van der Waals surface area contributed by atoms with Crippen LogP contribution in [0.3, 0.4) is 0 Å². The van der Waals surface area contributed by atoms with Gasteiger partial charge in [-0.3, -0.25) is 4.98 Å². The van der Waals surface area contributed by atoms with Crippen molar-refractivity contribution < 1.29 is 9.47 Å². The first kappa shape index (κ1) is 19.3. The summed E-state index contributed by atoms with van der Waals surface area (Å²) in [6.07, 6.45) is 4.55. The van der Waals surface area contributed by atoms with Crippen molar-refractivity contribution in [3.63, 3.8) is 0 Å². The topological polar surface area (TPSA) is 56.3 Å². The maximum atomic E-state index is 5.97. The molecule has 0 aliphatic carbocycles. The van der Waals surface area contributed by atoms with Gasteiger partial charge in [0.15, 0.2) is 11.5 Å². The standard InChI is InChI=1S/C21H25N3O2S/c1-4-18(21-24-15(2)14-27-21)23-12-16-7-8-19(25-3)20(10-16)26-13-17-6-5-9-22-11-17/h5-11,14,18,23H,4,12-13H2,1-3H3. The lowest BCUT2D eigenvalue weighted by Crippen LogP contribution is -2.20. The number of nitrogens with zero attached hydrogens (tertiary/aromatic N) is 2. The number of methoxy groups -OCH3 is 1. The smallest absolute Gasteiger partial charge is 0.161 e. The number of thiazole rings is 1. The van der Waals surface area contributed by atoms with Gasteiger partial charge in [-0.25, -0.2) is 4.98 Å². The fourth-order valence-electron chi connectivity index (χ4n) is 2.77. The number of nitrogens with one attached hydrogen (secondary N) is 1. The molecular formula is C21H25N3O2S. The van der Waals surface area contributed by atoms with E-state index in [0.29, 0.717) is 6.61 Å². The van der Waals surface area contributed by atoms with Gasteiger partial charge in [0.05, 0.1) is 13.2 Å². The minimum absolute atomic E-state index is 0.255. The number of hydrogen-bond acceptors (Lipinski definition) is 6. The van der Waals surface area contributed by atoms with E-state index in [9.17, 15) is 0 Å². The van der Waals surface area contributed by atoms with Crippen LogP contribution in [0.1, 0.15) is 41.2 Å². The predicted octanol–water partition coefficient (Wildman–Crippen LogP) is 4.68. The second-order valence-corrected chi connectivity index (χ2v) is 7.19. The van der Waals surface area contributed by atoms with Gasteiger partial charge in [-0.2, -0.15) is 0 Å². The molecule has 1 aromatic carbocycles. The molecule has 6 heteroatoms. The van der Waals surface area contributed by atoms with Gasteiger partial charge >= 0.3 is 0 Å². The maximum Gasteiger partial charge on any atom is 0.161 e. The summed E-state index contributed by atoms with van der Waals surface area (Å²) in [6, 6.07) is 10.2. The predicted molar refractivity (Wildman–Crippen MR) is 108 cm³/mol. The fourth-order valence-corrected chi connectivity index (χ4v) is 3.72. The monoisotopic (exact) mass is 383 g/mol. The zero-order chi connectivity index (χ0) is 19.1. The largest absolute Gasteiger partial charge is 0.493 e. The Morgan fingerprint density at radius 3 is 2.74 bits per heavy atom. The molecule has 0 radical (unpaired) electrons. The highest BCUT2D eigenvalue weighted by molar-refractivity contribution is 7.09. The Balaban J connectivity index is 1.66. The van der Waals surface area contributed by atoms with Gasteiger partial charge in [0.2, 0.25) is 0 Å². The van der Waals surface area contributed by atoms with E-state index in [1.165, 1.54) is 0 Å². The minimum atomic E-state index is 0.255. The van der Waals surface area contributed by atoms with Gasteiger partial charge in [0, 0.05) is 35.6 Å². The maximum absolute atomic E-state index is 5.97. The van der Waals surface area contributed by atoms with Crippen LogP contribution in [0.15, 0.2) is 48.1 Å². The van der Waals surface area contributed by atoms with Crippen molar-refractivity contribution in [1.29, 1.82) is 0 Å². The average Bonchev–Trinajstić information content (AvgIpc) is 3.14. The van der Waals surface area contributed by atoms with Crippen LogP contribution >= 0.6 is 11.3 Å². The molecule has 0 spiro atoms. The Morgan fingerprint density at radius 1 is 1.19 bits per heavy atom. The zero-order valence-electron chi connectivity index (χ0n) is 15.9. The molecule has 142 valence electrons. The van der Waals surface area contributed by atoms with E-state index in [1.54, 1.807) is 30.8 Å². The summed E-state index contributed by atoms with van der Waals surface area (Å²) in [5.41, 5.74) is 3.24. The van der Waals surface area contributed by atoms with Gasteiger partial charge in [-0.15, -0.1) is 11.3 Å². The lowest BCUT2D eigenvalue weighted by molar-refractivity contribution is 0.283. The molecule has 27 heavy (non-hydrogen) atoms. The van der Waals surface area contributed by atoms with Crippen LogP contribution in [-0.2, 0) is 13.2 Å². The minimum Gasteiger partial charge on any atom is -0.493 e. The second-order valence-electron chi connectivity index (χ2n) is 6.30. The zero-order valence-corrected chi connectivity index (χ0v) is 16.8. The Kier molecular flexibility index (Phi) is 6.79. The van der Waals surface area contributed by atoms with Crippen molar-refractivity contribution in [2.24, 2.45) is 0 Å². The highest BCUT2D eigenvalue weighted by Gasteiger charge is 2.13. The Morgan fingerprint density at radius 2 is 2.07 bits per heavy atom. The fraction of sp³-hybridized carbons (Fsp3) is 0.333. The third-order valence-electron chi connectivity index (χ3n) is 4.24. The van der Waals surface area contributed by atoms with Crippen molar-refractivity contribution in [2.75, 3.05) is 7.11 Å². The van der Waals surface area contributed by atoms with Crippen molar-refractivity contribution >= 4 is 11.3 Å². The van der Waals surface area contributed by atoms with Gasteiger partial charge in [0.1, 0.15) is 11.6 Å². The summed E-state index contributed by atoms with van der Waals surface area (Å²) in [4.78, 5) is 8.73. The Labute approximate surface area is 164 Å². The molecule has 2 aromatic heterocycles. The van der Waals surface area contributed by atoms with E-state index in [-0.39, 0.29) is 6.04 Å². The number of pyridine rings is 1. The summed E-state index contributed by atoms with van der Waals surface area (Å²) in [7, 11) is 1.65. The first-order chi connectivity index (χ1) is 13.2. The van der Waals surface area contributed by atoms with Crippen molar-refractivity contribution in [1.82, 2.24) is 15.3 Å². The average molecular weight is 384 g/mol. The number of benzene rings is 1. The summed E-state index contributed by atoms with van der Waals surface area (Å²) < 4.78 is 11.4. The Hall–Kier alpha value is -2.44. The normalized spacial score (nSPS) is 12.0. The molecule has 2 heterocycles. The molecule has 0 fully saturated rings. The first-order valence-electron chi connectivity index (χ1n) is 9.03. The number of hydrogen-bond donors (Lipinski definition) is 1. The molecule has 0 amide bonds. The molecule has 0 aliphatic rings. The molecule has 0 bridgehead atoms. The number of aromatic nitrogens is 2. The van der Waals surface area contributed by atoms with E-state index < -0.39 is 0 Å². The van der Waals surface area contributed by atoms with Crippen LogP contribution < -0.4 is 14.8 Å². The lowest BCUT2D eigenvalue weighted by Gasteiger charge is -2.16. The number of ether oxygens (including phenoxy) is 2. The van der Waals surface area contributed by atoms with E-state index >= 15 is 0 Å². The molecule has 3 rings (SSSR count). The number of aryl methyl sites for hydroxylation is 1. The van der Waals surface area contributed by atoms with Crippen molar-refractivity contribution in [3.05, 3.63) is 69.9 Å². The van der Waals surface area contributed by atoms with Gasteiger partial charge in [0.25, 0.3) is 0 Å². The van der Waals surface area contributed by atoms with Crippen LogP contribution in [0.4, 0.5) is 0 Å². The van der Waals surface area contributed by atoms with Crippen LogP contribution in [0.25, 0.3) is 0 Å². The summed E-state index contributed by atoms with van der Waals surface area (Å²) >= 11 is 1.71. The molecule has 5 nitrogen and oxygen atoms in total. The molecule has 0 saturated carbocycles. The lowest BCUT2D eigenvalue weighted by atomic mass is 10.1. The van der Waals surface area contributed by atoms with Crippen molar-refractivity contribution in [2.45, 2.75) is 39.5 Å². The van der Waals surface area contributed by atoms with E-state index in [4.69, 9.17) is 9.47 Å².